The lowest BCUT2D eigenvalue weighted by molar-refractivity contribution is -0.114. The molecule has 2 nitrogen and oxygen atoms in total. The molecule has 2 heteroatoms. The van der Waals surface area contributed by atoms with Crippen molar-refractivity contribution in [3.05, 3.63) is 34.4 Å². The van der Waals surface area contributed by atoms with Crippen LogP contribution in [-0.2, 0) is 11.2 Å². The molecule has 20 heavy (non-hydrogen) atoms. The summed E-state index contributed by atoms with van der Waals surface area (Å²) in [4.78, 5) is 12.5. The lowest BCUT2D eigenvalue weighted by atomic mass is 9.65. The quantitative estimate of drug-likeness (QED) is 0.768. The Morgan fingerprint density at radius 1 is 1.15 bits per heavy atom. The highest BCUT2D eigenvalue weighted by atomic mass is 16.5. The van der Waals surface area contributed by atoms with Crippen LogP contribution in [0.1, 0.15) is 49.8 Å². The van der Waals surface area contributed by atoms with Crippen molar-refractivity contribution in [2.24, 2.45) is 5.41 Å². The van der Waals surface area contributed by atoms with E-state index in [9.17, 15) is 4.79 Å². The smallest absolute Gasteiger partial charge is 0.163 e. The van der Waals surface area contributed by atoms with Gasteiger partial charge in [-0.3, -0.25) is 4.79 Å². The fourth-order valence-corrected chi connectivity index (χ4v) is 3.75. The number of allylic oxidation sites excluding steroid dienone is 2. The normalized spacial score (nSPS) is 20.5. The number of aryl methyl sites for hydroxylation is 1. The van der Waals surface area contributed by atoms with Crippen molar-refractivity contribution in [1.29, 1.82) is 0 Å². The van der Waals surface area contributed by atoms with Crippen molar-refractivity contribution in [2.45, 2.75) is 46.5 Å². The highest BCUT2D eigenvalue weighted by molar-refractivity contribution is 6.23. The standard InChI is InChI=1S/C18H22O2/c1-11-5-8-15(20-4)12-6-7-13-17(16(11)12)14(19)9-10-18(13,2)3/h5,8H,6-7,9-10H2,1-4H3. The number of Topliss-reactive ketones (excluding diaryl/α,β-unsaturated/α-hetero) is 1. The molecule has 0 saturated carbocycles. The van der Waals surface area contributed by atoms with Gasteiger partial charge in [0.2, 0.25) is 0 Å². The highest BCUT2D eigenvalue weighted by Gasteiger charge is 2.38. The monoisotopic (exact) mass is 270 g/mol. The van der Waals surface area contributed by atoms with Crippen LogP contribution in [0.4, 0.5) is 0 Å². The Morgan fingerprint density at radius 2 is 1.90 bits per heavy atom. The van der Waals surface area contributed by atoms with Gasteiger partial charge in [0.15, 0.2) is 5.78 Å². The molecule has 2 aliphatic rings. The summed E-state index contributed by atoms with van der Waals surface area (Å²) in [6, 6.07) is 4.10. The molecule has 0 amide bonds. The molecule has 0 N–H and O–H groups in total. The first-order valence-electron chi connectivity index (χ1n) is 7.39. The molecule has 2 aliphatic carbocycles. The number of rotatable bonds is 1. The van der Waals surface area contributed by atoms with Crippen LogP contribution in [0.25, 0.3) is 5.57 Å². The third-order valence-electron chi connectivity index (χ3n) is 4.95. The summed E-state index contributed by atoms with van der Waals surface area (Å²) in [5, 5.41) is 0. The third kappa shape index (κ3) is 1.81. The molecule has 106 valence electrons. The zero-order valence-corrected chi connectivity index (χ0v) is 12.8. The number of carbonyl (C=O) groups excluding carboxylic acids is 1. The van der Waals surface area contributed by atoms with Crippen molar-refractivity contribution in [3.8, 4) is 5.75 Å². The van der Waals surface area contributed by atoms with Crippen molar-refractivity contribution >= 4 is 11.4 Å². The van der Waals surface area contributed by atoms with E-state index in [0.717, 1.165) is 36.1 Å². The van der Waals surface area contributed by atoms with Gasteiger partial charge in [-0.25, -0.2) is 0 Å². The number of fused-ring (bicyclic) bond motifs is 2. The van der Waals surface area contributed by atoms with Gasteiger partial charge in [-0.05, 0) is 48.8 Å². The number of benzene rings is 1. The van der Waals surface area contributed by atoms with Gasteiger partial charge in [-0.1, -0.05) is 25.5 Å². The van der Waals surface area contributed by atoms with Crippen molar-refractivity contribution in [3.63, 3.8) is 0 Å². The molecule has 0 fully saturated rings. The van der Waals surface area contributed by atoms with Gasteiger partial charge < -0.3 is 4.74 Å². The Morgan fingerprint density at radius 3 is 2.60 bits per heavy atom. The molecular weight excluding hydrogens is 248 g/mol. The molecule has 1 aromatic rings. The topological polar surface area (TPSA) is 26.3 Å². The molecule has 1 aromatic carbocycles. The van der Waals surface area contributed by atoms with E-state index < -0.39 is 0 Å². The van der Waals surface area contributed by atoms with Crippen LogP contribution in [0.3, 0.4) is 0 Å². The summed E-state index contributed by atoms with van der Waals surface area (Å²) < 4.78 is 5.50. The maximum atomic E-state index is 12.5. The average molecular weight is 270 g/mol. The first-order valence-corrected chi connectivity index (χ1v) is 7.39. The fourth-order valence-electron chi connectivity index (χ4n) is 3.75. The van der Waals surface area contributed by atoms with E-state index in [1.165, 1.54) is 16.7 Å². The zero-order valence-electron chi connectivity index (χ0n) is 12.8. The van der Waals surface area contributed by atoms with Gasteiger partial charge in [0.05, 0.1) is 7.11 Å². The van der Waals surface area contributed by atoms with Crippen LogP contribution < -0.4 is 4.74 Å². The summed E-state index contributed by atoms with van der Waals surface area (Å²) >= 11 is 0. The number of carbonyl (C=O) groups is 1. The number of ether oxygens (including phenoxy) is 1. The van der Waals surface area contributed by atoms with Crippen molar-refractivity contribution in [2.75, 3.05) is 7.11 Å². The minimum absolute atomic E-state index is 0.149. The Labute approximate surface area is 120 Å². The van der Waals surface area contributed by atoms with E-state index >= 15 is 0 Å². The number of methoxy groups -OCH3 is 1. The molecule has 0 heterocycles. The lowest BCUT2D eigenvalue weighted by Crippen LogP contribution is -2.29. The minimum Gasteiger partial charge on any atom is -0.496 e. The van der Waals surface area contributed by atoms with Gasteiger partial charge in [0, 0.05) is 17.6 Å². The minimum atomic E-state index is 0.149. The SMILES string of the molecule is COc1ccc(C)c2c1CCC1=C2C(=O)CCC1(C)C. The molecule has 0 atom stereocenters. The van der Waals surface area contributed by atoms with E-state index in [1.54, 1.807) is 7.11 Å². The predicted octanol–water partition coefficient (Wildman–Crippen LogP) is 4.09. The molecule has 3 rings (SSSR count). The van der Waals surface area contributed by atoms with Crippen LogP contribution in [0.15, 0.2) is 17.7 Å². The Balaban J connectivity index is 2.31. The van der Waals surface area contributed by atoms with Gasteiger partial charge >= 0.3 is 0 Å². The summed E-state index contributed by atoms with van der Waals surface area (Å²) in [5.41, 5.74) is 6.08. The Bertz CT molecular complexity index is 621. The van der Waals surface area contributed by atoms with Crippen LogP contribution in [0, 0.1) is 12.3 Å². The Hall–Kier alpha value is -1.57. The predicted molar refractivity (Wildman–Crippen MR) is 81.0 cm³/mol. The lowest BCUT2D eigenvalue weighted by Gasteiger charge is -2.38. The second-order valence-electron chi connectivity index (χ2n) is 6.60. The summed E-state index contributed by atoms with van der Waals surface area (Å²) in [6.45, 7) is 6.65. The van der Waals surface area contributed by atoms with E-state index in [2.05, 4.69) is 26.8 Å². The zero-order chi connectivity index (χ0) is 14.5. The molecule has 0 radical (unpaired) electrons. The van der Waals surface area contributed by atoms with Crippen LogP contribution >= 0.6 is 0 Å². The fraction of sp³-hybridized carbons (Fsp3) is 0.500. The third-order valence-corrected chi connectivity index (χ3v) is 4.95. The first-order chi connectivity index (χ1) is 9.45. The Kier molecular flexibility index (Phi) is 3.00. The largest absolute Gasteiger partial charge is 0.496 e. The van der Waals surface area contributed by atoms with Crippen LogP contribution in [0.2, 0.25) is 0 Å². The molecule has 0 unspecified atom stereocenters. The average Bonchev–Trinajstić information content (AvgIpc) is 2.43. The molecule has 0 saturated heterocycles. The molecule has 0 aromatic heterocycles. The van der Waals surface area contributed by atoms with Gasteiger partial charge in [0.1, 0.15) is 5.75 Å². The van der Waals surface area contributed by atoms with Crippen molar-refractivity contribution in [1.82, 2.24) is 0 Å². The number of ketones is 1. The van der Waals surface area contributed by atoms with Gasteiger partial charge in [-0.15, -0.1) is 0 Å². The summed E-state index contributed by atoms with van der Waals surface area (Å²) in [6.07, 6.45) is 3.61. The first kappa shape index (κ1) is 13.4. The number of hydrogen-bond donors (Lipinski definition) is 0. The van der Waals surface area contributed by atoms with E-state index in [-0.39, 0.29) is 5.41 Å². The molecule has 0 bridgehead atoms. The van der Waals surface area contributed by atoms with Gasteiger partial charge in [0.25, 0.3) is 0 Å². The van der Waals surface area contributed by atoms with Gasteiger partial charge in [-0.2, -0.15) is 0 Å². The van der Waals surface area contributed by atoms with Crippen molar-refractivity contribution < 1.29 is 9.53 Å². The maximum Gasteiger partial charge on any atom is 0.163 e. The number of hydrogen-bond acceptors (Lipinski definition) is 2. The van der Waals surface area contributed by atoms with Crippen LogP contribution in [-0.4, -0.2) is 12.9 Å². The highest BCUT2D eigenvalue weighted by Crippen LogP contribution is 2.49. The molecule has 0 aliphatic heterocycles. The van der Waals surface area contributed by atoms with E-state index in [1.807, 2.05) is 6.07 Å². The second-order valence-corrected chi connectivity index (χ2v) is 6.60. The summed E-state index contributed by atoms with van der Waals surface area (Å²) in [7, 11) is 1.71. The van der Waals surface area contributed by atoms with Crippen LogP contribution in [0.5, 0.6) is 5.75 Å². The van der Waals surface area contributed by atoms with E-state index in [4.69, 9.17) is 4.74 Å². The van der Waals surface area contributed by atoms with E-state index in [0.29, 0.717) is 12.2 Å². The maximum absolute atomic E-state index is 12.5. The molecule has 0 spiro atoms. The second kappa shape index (κ2) is 4.47. The summed E-state index contributed by atoms with van der Waals surface area (Å²) in [5.74, 6) is 1.24. The molecular formula is C18H22O2.